The van der Waals surface area contributed by atoms with E-state index in [1.807, 2.05) is 43.3 Å². The maximum atomic E-state index is 12.4. The van der Waals surface area contributed by atoms with Crippen LogP contribution in [0, 0.1) is 11.3 Å². The van der Waals surface area contributed by atoms with Gasteiger partial charge in [0.25, 0.3) is 0 Å². The molecule has 3 aromatic rings. The lowest BCUT2D eigenvalue weighted by molar-refractivity contribution is -0.120. The fourth-order valence-corrected chi connectivity index (χ4v) is 4.68. The number of fused-ring (bicyclic) bond motifs is 1. The number of thioether (sulfide) groups is 1. The summed E-state index contributed by atoms with van der Waals surface area (Å²) in [6.07, 6.45) is 0.275. The molecule has 0 saturated heterocycles. The van der Waals surface area contributed by atoms with E-state index in [-0.39, 0.29) is 18.2 Å². The van der Waals surface area contributed by atoms with Crippen LogP contribution in [0.3, 0.4) is 0 Å². The van der Waals surface area contributed by atoms with Crippen LogP contribution in [0.5, 0.6) is 5.75 Å². The van der Waals surface area contributed by atoms with E-state index in [0.29, 0.717) is 23.0 Å². The van der Waals surface area contributed by atoms with Crippen LogP contribution in [0.1, 0.15) is 30.4 Å². The average molecular weight is 415 g/mol. The van der Waals surface area contributed by atoms with Crippen LogP contribution in [-0.2, 0) is 10.5 Å². The molecule has 5 heteroatoms. The quantitative estimate of drug-likeness (QED) is 0.578. The van der Waals surface area contributed by atoms with Gasteiger partial charge >= 0.3 is 0 Å². The monoisotopic (exact) mass is 414 g/mol. The Morgan fingerprint density at radius 1 is 1.10 bits per heavy atom. The predicted molar refractivity (Wildman–Crippen MR) is 121 cm³/mol. The van der Waals surface area contributed by atoms with Gasteiger partial charge in [-0.1, -0.05) is 54.6 Å². The number of hydrogen-bond donors (Lipinski definition) is 1. The van der Waals surface area contributed by atoms with Crippen LogP contribution in [0.4, 0.5) is 0 Å². The Kier molecular flexibility index (Phi) is 6.06. The number of ether oxygens (including phenoxy) is 1. The number of nitrogens with zero attached hydrogens (tertiary/aromatic N) is 1. The molecular weight excluding hydrogens is 392 g/mol. The maximum absolute atomic E-state index is 12.4. The van der Waals surface area contributed by atoms with Crippen molar-refractivity contribution in [2.45, 2.75) is 25.0 Å². The van der Waals surface area contributed by atoms with E-state index in [2.05, 4.69) is 41.7 Å². The van der Waals surface area contributed by atoms with Crippen LogP contribution < -0.4 is 10.1 Å². The molecule has 1 atom stereocenters. The number of carbonyl (C=O) groups excluding carboxylic acids is 1. The molecular formula is C25H22N2O2S. The lowest BCUT2D eigenvalue weighted by Gasteiger charge is -2.25. The SMILES string of the molecule is CCOc1ccc([C@@H]2CC(=O)NC(SCc3ccc4ccccc4c3)=C2C#N)cc1. The first-order chi connectivity index (χ1) is 14.7. The Morgan fingerprint density at radius 3 is 2.60 bits per heavy atom. The summed E-state index contributed by atoms with van der Waals surface area (Å²) in [5.74, 6) is 1.17. The van der Waals surface area contributed by atoms with Gasteiger partial charge in [-0.2, -0.15) is 5.26 Å². The fraction of sp³-hybridized carbons (Fsp3) is 0.200. The van der Waals surface area contributed by atoms with Gasteiger partial charge in [0.2, 0.25) is 5.91 Å². The third-order valence-corrected chi connectivity index (χ3v) is 6.23. The van der Waals surface area contributed by atoms with Gasteiger partial charge in [-0.3, -0.25) is 4.79 Å². The second kappa shape index (κ2) is 9.06. The highest BCUT2D eigenvalue weighted by Crippen LogP contribution is 2.37. The Morgan fingerprint density at radius 2 is 1.87 bits per heavy atom. The number of hydrogen-bond acceptors (Lipinski definition) is 4. The lowest BCUT2D eigenvalue weighted by atomic mass is 9.87. The van der Waals surface area contributed by atoms with Crippen molar-refractivity contribution in [3.63, 3.8) is 0 Å². The summed E-state index contributed by atoms with van der Waals surface area (Å²) in [5.41, 5.74) is 2.72. The van der Waals surface area contributed by atoms with Crippen LogP contribution in [0.2, 0.25) is 0 Å². The highest BCUT2D eigenvalue weighted by molar-refractivity contribution is 8.02. The van der Waals surface area contributed by atoms with Gasteiger partial charge in [0.15, 0.2) is 0 Å². The summed E-state index contributed by atoms with van der Waals surface area (Å²) >= 11 is 1.51. The minimum atomic E-state index is -0.237. The van der Waals surface area contributed by atoms with Crippen molar-refractivity contribution in [2.24, 2.45) is 0 Å². The normalized spacial score (nSPS) is 16.3. The van der Waals surface area contributed by atoms with Gasteiger partial charge in [0, 0.05) is 18.1 Å². The number of amides is 1. The molecule has 0 fully saturated rings. The molecule has 4 rings (SSSR count). The van der Waals surface area contributed by atoms with E-state index in [9.17, 15) is 10.1 Å². The van der Waals surface area contributed by atoms with Crippen LogP contribution in [-0.4, -0.2) is 12.5 Å². The van der Waals surface area contributed by atoms with Gasteiger partial charge in [-0.25, -0.2) is 0 Å². The molecule has 0 aromatic heterocycles. The molecule has 1 N–H and O–H groups in total. The zero-order valence-corrected chi connectivity index (χ0v) is 17.5. The average Bonchev–Trinajstić information content (AvgIpc) is 2.78. The number of carbonyl (C=O) groups is 1. The molecule has 1 aliphatic rings. The molecule has 0 bridgehead atoms. The highest BCUT2D eigenvalue weighted by Gasteiger charge is 2.29. The van der Waals surface area contributed by atoms with Gasteiger partial charge in [0.05, 0.1) is 23.3 Å². The first-order valence-electron chi connectivity index (χ1n) is 9.95. The largest absolute Gasteiger partial charge is 0.494 e. The fourth-order valence-electron chi connectivity index (χ4n) is 3.66. The van der Waals surface area contributed by atoms with Crippen molar-refractivity contribution in [3.8, 4) is 11.8 Å². The van der Waals surface area contributed by atoms with Crippen LogP contribution >= 0.6 is 11.8 Å². The van der Waals surface area contributed by atoms with Crippen molar-refractivity contribution in [2.75, 3.05) is 6.61 Å². The molecule has 1 aliphatic heterocycles. The van der Waals surface area contributed by atoms with Gasteiger partial charge in [-0.05, 0) is 41.0 Å². The van der Waals surface area contributed by atoms with E-state index in [4.69, 9.17) is 4.74 Å². The summed E-state index contributed by atoms with van der Waals surface area (Å²) in [4.78, 5) is 12.4. The number of benzene rings is 3. The topological polar surface area (TPSA) is 62.1 Å². The number of nitriles is 1. The van der Waals surface area contributed by atoms with Crippen molar-refractivity contribution in [1.29, 1.82) is 5.26 Å². The first kappa shape index (κ1) is 20.1. The molecule has 0 spiro atoms. The Bertz CT molecular complexity index is 1150. The molecule has 1 heterocycles. The lowest BCUT2D eigenvalue weighted by Crippen LogP contribution is -2.30. The van der Waals surface area contributed by atoms with E-state index in [0.717, 1.165) is 16.9 Å². The second-order valence-electron chi connectivity index (χ2n) is 7.13. The van der Waals surface area contributed by atoms with Crippen molar-refractivity contribution in [1.82, 2.24) is 5.32 Å². The molecule has 4 nitrogen and oxygen atoms in total. The summed E-state index contributed by atoms with van der Waals surface area (Å²) in [7, 11) is 0. The van der Waals surface area contributed by atoms with E-state index in [1.165, 1.54) is 22.5 Å². The standard InChI is InChI=1S/C25H22N2O2S/c1-2-29-21-11-9-19(10-12-21)22-14-24(28)27-25(23(22)15-26)30-16-17-7-8-18-5-3-4-6-20(18)13-17/h3-13,22H,2,14,16H2,1H3,(H,27,28)/t22-/m0/s1. The molecule has 150 valence electrons. The Balaban J connectivity index is 1.57. The van der Waals surface area contributed by atoms with Crippen LogP contribution in [0.25, 0.3) is 10.8 Å². The smallest absolute Gasteiger partial charge is 0.225 e. The molecule has 3 aromatic carbocycles. The van der Waals surface area contributed by atoms with E-state index >= 15 is 0 Å². The molecule has 0 unspecified atom stereocenters. The summed E-state index contributed by atoms with van der Waals surface area (Å²) in [6.45, 7) is 2.54. The summed E-state index contributed by atoms with van der Waals surface area (Å²) in [5, 5.41) is 15.8. The zero-order chi connectivity index (χ0) is 20.9. The molecule has 0 aliphatic carbocycles. The number of allylic oxidation sites excluding steroid dienone is 1. The second-order valence-corrected chi connectivity index (χ2v) is 8.12. The number of nitrogens with one attached hydrogen (secondary N) is 1. The van der Waals surface area contributed by atoms with Crippen molar-refractivity contribution in [3.05, 3.63) is 88.5 Å². The molecule has 0 radical (unpaired) electrons. The summed E-state index contributed by atoms with van der Waals surface area (Å²) < 4.78 is 5.50. The third kappa shape index (κ3) is 4.34. The Hall–Kier alpha value is -3.23. The first-order valence-corrected chi connectivity index (χ1v) is 10.9. The minimum absolute atomic E-state index is 0.0612. The number of rotatable bonds is 6. The Labute approximate surface area is 180 Å². The van der Waals surface area contributed by atoms with E-state index < -0.39 is 0 Å². The highest BCUT2D eigenvalue weighted by atomic mass is 32.2. The van der Waals surface area contributed by atoms with E-state index in [1.54, 1.807) is 0 Å². The van der Waals surface area contributed by atoms with Gasteiger partial charge < -0.3 is 10.1 Å². The minimum Gasteiger partial charge on any atom is -0.494 e. The van der Waals surface area contributed by atoms with Crippen molar-refractivity contribution >= 4 is 28.4 Å². The van der Waals surface area contributed by atoms with Crippen molar-refractivity contribution < 1.29 is 9.53 Å². The van der Waals surface area contributed by atoms with Gasteiger partial charge in [-0.15, -0.1) is 11.8 Å². The predicted octanol–water partition coefficient (Wildman–Crippen LogP) is 5.51. The molecule has 30 heavy (non-hydrogen) atoms. The zero-order valence-electron chi connectivity index (χ0n) is 16.7. The third-order valence-electron chi connectivity index (χ3n) is 5.15. The maximum Gasteiger partial charge on any atom is 0.225 e. The summed E-state index contributed by atoms with van der Waals surface area (Å²) in [6, 6.07) is 24.6. The molecule has 1 amide bonds. The van der Waals surface area contributed by atoms with Gasteiger partial charge in [0.1, 0.15) is 5.75 Å². The molecule has 0 saturated carbocycles. The van der Waals surface area contributed by atoms with Crippen LogP contribution in [0.15, 0.2) is 77.3 Å².